The van der Waals surface area contributed by atoms with Crippen molar-refractivity contribution in [2.24, 2.45) is 0 Å². The third-order valence-corrected chi connectivity index (χ3v) is 1.40. The van der Waals surface area contributed by atoms with Crippen LogP contribution in [0.15, 0.2) is 0 Å². The van der Waals surface area contributed by atoms with Gasteiger partial charge in [-0.25, -0.2) is 0 Å². The van der Waals surface area contributed by atoms with Crippen molar-refractivity contribution in [1.82, 2.24) is 0 Å². The molecule has 0 aliphatic carbocycles. The van der Waals surface area contributed by atoms with E-state index in [0.29, 0.717) is 5.65 Å². The summed E-state index contributed by atoms with van der Waals surface area (Å²) in [5.74, 6) is 0. The molecule has 0 unspecified atom stereocenters. The fraction of sp³-hybridized carbons (Fsp3) is 0.800. The van der Waals surface area contributed by atoms with Gasteiger partial charge in [0.15, 0.2) is 0 Å². The fourth-order valence-corrected chi connectivity index (χ4v) is 1.45. The van der Waals surface area contributed by atoms with Gasteiger partial charge in [0, 0.05) is 0 Å². The maximum absolute atomic E-state index is 5.31. The van der Waals surface area contributed by atoms with Crippen molar-refractivity contribution in [3.63, 3.8) is 0 Å². The Balaban J connectivity index is 3.55. The summed E-state index contributed by atoms with van der Waals surface area (Å²) >= 11 is 0. The molecule has 45 valence electrons. The summed E-state index contributed by atoms with van der Waals surface area (Å²) in [6.45, 7) is 8.08. The molecule has 0 spiro atoms. The van der Waals surface area contributed by atoms with Crippen LogP contribution in [0.5, 0.6) is 0 Å². The second kappa shape index (κ2) is 2.49. The zero-order valence-corrected chi connectivity index (χ0v) is 6.99. The Morgan fingerprint density at radius 2 is 1.75 bits per heavy atom. The van der Waals surface area contributed by atoms with Gasteiger partial charge in [-0.1, -0.05) is 0 Å². The van der Waals surface area contributed by atoms with Crippen LogP contribution in [0.3, 0.4) is 0 Å². The van der Waals surface area contributed by atoms with E-state index < -0.39 is 8.32 Å². The zero-order chi connectivity index (χ0) is 6.78. The van der Waals surface area contributed by atoms with Crippen molar-refractivity contribution in [3.8, 4) is 0 Å². The molecule has 0 saturated heterocycles. The molecule has 0 aromatic rings. The molecule has 0 amide bonds. The molecule has 0 aliphatic rings. The molecular weight excluding hydrogens is 115 g/mol. The Bertz CT molecular complexity index is 95.1. The first-order valence-electron chi connectivity index (χ1n) is 2.70. The standard InChI is InChI=1S/C5H12BOSi/c1-5(6)7-8(2,3)4/h1-4H3. The molecule has 0 fully saturated rings. The predicted molar refractivity (Wildman–Crippen MR) is 40.9 cm³/mol. The molecule has 0 N–H and O–H groups in total. The maximum atomic E-state index is 5.31. The zero-order valence-electron chi connectivity index (χ0n) is 5.99. The van der Waals surface area contributed by atoms with E-state index in [1.807, 2.05) is 0 Å². The van der Waals surface area contributed by atoms with Crippen LogP contribution in [0.25, 0.3) is 0 Å². The average molecular weight is 127 g/mol. The van der Waals surface area contributed by atoms with Gasteiger partial charge in [-0.15, -0.1) is 0 Å². The summed E-state index contributed by atoms with van der Waals surface area (Å²) in [4.78, 5) is 0. The Morgan fingerprint density at radius 3 is 1.75 bits per heavy atom. The van der Waals surface area contributed by atoms with Gasteiger partial charge in [-0.05, 0) is 0 Å². The van der Waals surface area contributed by atoms with E-state index in [4.69, 9.17) is 11.9 Å². The monoisotopic (exact) mass is 127 g/mol. The topological polar surface area (TPSA) is 9.23 Å². The molecule has 1 radical (unpaired) electrons. The molecule has 0 rings (SSSR count). The summed E-state index contributed by atoms with van der Waals surface area (Å²) in [5, 5.41) is 0. The summed E-state index contributed by atoms with van der Waals surface area (Å²) < 4.78 is 5.27. The van der Waals surface area contributed by atoms with E-state index in [1.54, 1.807) is 6.92 Å². The number of hydrogen-bond acceptors (Lipinski definition) is 1. The molecule has 0 aromatic heterocycles. The quantitative estimate of drug-likeness (QED) is 0.505. The van der Waals surface area contributed by atoms with Crippen LogP contribution in [0.1, 0.15) is 6.92 Å². The third-order valence-electron chi connectivity index (χ3n) is 0.467. The average Bonchev–Trinajstić information content (AvgIpc) is 1.21. The minimum atomic E-state index is -1.38. The van der Waals surface area contributed by atoms with Crippen molar-refractivity contribution < 1.29 is 4.43 Å². The van der Waals surface area contributed by atoms with Crippen molar-refractivity contribution in [3.05, 3.63) is 0 Å². The molecule has 0 heterocycles. The van der Waals surface area contributed by atoms with Gasteiger partial charge in [0.1, 0.15) is 0 Å². The summed E-state index contributed by atoms with van der Waals surface area (Å²) in [6, 6.07) is 0. The molecule has 0 aliphatic heterocycles. The Hall–Kier alpha value is -0.0482. The van der Waals surface area contributed by atoms with Gasteiger partial charge in [-0.2, -0.15) is 0 Å². The molecule has 3 heteroatoms. The normalized spacial score (nSPS) is 10.9. The number of rotatable bonds is 2. The third kappa shape index (κ3) is 5.95. The second-order valence-corrected chi connectivity index (χ2v) is 7.25. The van der Waals surface area contributed by atoms with Crippen molar-refractivity contribution in [2.75, 3.05) is 0 Å². The van der Waals surface area contributed by atoms with Crippen LogP contribution in [0, 0.1) is 0 Å². The van der Waals surface area contributed by atoms with Gasteiger partial charge in [-0.3, -0.25) is 0 Å². The van der Waals surface area contributed by atoms with Gasteiger partial charge >= 0.3 is 52.4 Å². The first kappa shape index (κ1) is 7.95. The molecular formula is C5H12BOSi. The van der Waals surface area contributed by atoms with Crippen LogP contribution in [0.2, 0.25) is 19.6 Å². The van der Waals surface area contributed by atoms with E-state index in [9.17, 15) is 0 Å². The summed E-state index contributed by atoms with van der Waals surface area (Å²) in [7, 11) is 3.93. The van der Waals surface area contributed by atoms with Crippen molar-refractivity contribution >= 4 is 21.5 Å². The molecule has 0 saturated carbocycles. The van der Waals surface area contributed by atoms with Crippen LogP contribution >= 0.6 is 0 Å². The fourth-order valence-electron chi connectivity index (χ4n) is 0.483. The first-order chi connectivity index (χ1) is 3.42. The molecule has 1 nitrogen and oxygen atoms in total. The van der Waals surface area contributed by atoms with Crippen LogP contribution in [-0.4, -0.2) is 21.5 Å². The van der Waals surface area contributed by atoms with E-state index in [0.717, 1.165) is 0 Å². The van der Waals surface area contributed by atoms with Crippen molar-refractivity contribution in [2.45, 2.75) is 26.6 Å². The van der Waals surface area contributed by atoms with E-state index in [2.05, 4.69) is 19.6 Å². The SMILES string of the molecule is [B]=C(C)O[Si](C)(C)C. The van der Waals surface area contributed by atoms with E-state index in [-0.39, 0.29) is 0 Å². The predicted octanol–water partition coefficient (Wildman–Crippen LogP) is 1.16. The number of hydrogen-bond donors (Lipinski definition) is 0. The van der Waals surface area contributed by atoms with Gasteiger partial charge in [0.25, 0.3) is 0 Å². The Kier molecular flexibility index (Phi) is 2.47. The van der Waals surface area contributed by atoms with Gasteiger partial charge in [0.05, 0.1) is 0 Å². The summed E-state index contributed by atoms with van der Waals surface area (Å²) in [5.41, 5.74) is 0.587. The van der Waals surface area contributed by atoms with Gasteiger partial charge < -0.3 is 0 Å². The molecule has 0 bridgehead atoms. The molecule has 8 heavy (non-hydrogen) atoms. The summed E-state index contributed by atoms with van der Waals surface area (Å²) in [6.07, 6.45) is 0. The van der Waals surface area contributed by atoms with E-state index >= 15 is 0 Å². The molecule has 0 aromatic carbocycles. The van der Waals surface area contributed by atoms with Crippen LogP contribution in [-0.2, 0) is 4.43 Å². The van der Waals surface area contributed by atoms with E-state index in [1.165, 1.54) is 0 Å². The van der Waals surface area contributed by atoms with Crippen LogP contribution < -0.4 is 0 Å². The van der Waals surface area contributed by atoms with Crippen molar-refractivity contribution in [1.29, 1.82) is 0 Å². The van der Waals surface area contributed by atoms with Crippen LogP contribution in [0.4, 0.5) is 0 Å². The first-order valence-corrected chi connectivity index (χ1v) is 6.11. The second-order valence-electron chi connectivity index (χ2n) is 2.83. The van der Waals surface area contributed by atoms with Gasteiger partial charge in [0.2, 0.25) is 0 Å². The minimum absolute atomic E-state index is 0.587. The Labute approximate surface area is 53.3 Å². The Morgan fingerprint density at radius 1 is 1.38 bits per heavy atom. The molecule has 0 atom stereocenters.